The molecule has 6 nitrogen and oxygen atoms in total. The Balaban J connectivity index is 1.77. The number of ether oxygens (including phenoxy) is 1. The summed E-state index contributed by atoms with van der Waals surface area (Å²) < 4.78 is 71.4. The molecular weight excluding hydrogens is 477 g/mol. The molecule has 0 aliphatic heterocycles. The number of anilines is 1. The van der Waals surface area contributed by atoms with E-state index in [0.717, 1.165) is 27.8 Å². The maximum absolute atomic E-state index is 13.2. The van der Waals surface area contributed by atoms with Gasteiger partial charge in [0.05, 0.1) is 17.9 Å². The van der Waals surface area contributed by atoms with Gasteiger partial charge in [0, 0.05) is 13.6 Å². The molecule has 1 amide bonds. The first kappa shape index (κ1) is 24.6. The third-order valence-corrected chi connectivity index (χ3v) is 7.56. The Kier molecular flexibility index (Phi) is 7.33. The number of carbonyl (C=O) groups excluding carboxylic acids is 1. The van der Waals surface area contributed by atoms with Gasteiger partial charge in [-0.3, -0.25) is 9.10 Å². The largest absolute Gasteiger partial charge is 0.494 e. The standard InChI is InChI=1S/C22H21F3N2O4S2/c1-3-31-18-9-7-17(8-10-18)27(2)33(29,30)19-11-12-32-20(19)21(28)26-14-15-5-4-6-16(13-15)22(23,24)25/h4-13H,3,14H2,1-2H3,(H,26,28). The van der Waals surface area contributed by atoms with Crippen molar-refractivity contribution in [3.63, 3.8) is 0 Å². The first-order valence-corrected chi connectivity index (χ1v) is 12.1. The van der Waals surface area contributed by atoms with E-state index in [-0.39, 0.29) is 21.9 Å². The van der Waals surface area contributed by atoms with Crippen LogP contribution in [0.4, 0.5) is 18.9 Å². The fourth-order valence-electron chi connectivity index (χ4n) is 2.99. The number of halogens is 3. The molecule has 0 aliphatic rings. The molecular formula is C22H21F3N2O4S2. The molecule has 2 aromatic carbocycles. The summed E-state index contributed by atoms with van der Waals surface area (Å²) in [6, 6.07) is 12.3. The van der Waals surface area contributed by atoms with Crippen molar-refractivity contribution in [1.29, 1.82) is 0 Å². The Bertz CT molecular complexity index is 1220. The molecule has 0 saturated carbocycles. The number of amides is 1. The van der Waals surface area contributed by atoms with Crippen LogP contribution < -0.4 is 14.4 Å². The van der Waals surface area contributed by atoms with Crippen LogP contribution >= 0.6 is 11.3 Å². The number of rotatable bonds is 8. The van der Waals surface area contributed by atoms with Crippen LogP contribution in [0.2, 0.25) is 0 Å². The Morgan fingerprint density at radius 1 is 1.12 bits per heavy atom. The number of hydrogen-bond acceptors (Lipinski definition) is 5. The molecule has 1 heterocycles. The quantitative estimate of drug-likeness (QED) is 0.478. The average Bonchev–Trinajstić information content (AvgIpc) is 3.28. The summed E-state index contributed by atoms with van der Waals surface area (Å²) in [7, 11) is -2.70. The summed E-state index contributed by atoms with van der Waals surface area (Å²) in [4.78, 5) is 12.4. The van der Waals surface area contributed by atoms with Crippen molar-refractivity contribution < 1.29 is 31.1 Å². The molecule has 0 fully saturated rings. The number of carbonyl (C=O) groups is 1. The van der Waals surface area contributed by atoms with Crippen LogP contribution in [0.5, 0.6) is 5.75 Å². The van der Waals surface area contributed by atoms with Crippen molar-refractivity contribution in [2.75, 3.05) is 18.0 Å². The van der Waals surface area contributed by atoms with Crippen LogP contribution in [0.3, 0.4) is 0 Å². The molecule has 1 aromatic heterocycles. The minimum absolute atomic E-state index is 0.0558. The van der Waals surface area contributed by atoms with E-state index >= 15 is 0 Å². The van der Waals surface area contributed by atoms with E-state index in [2.05, 4.69) is 5.32 Å². The first-order chi connectivity index (χ1) is 15.5. The van der Waals surface area contributed by atoms with Crippen molar-refractivity contribution in [2.45, 2.75) is 24.5 Å². The third kappa shape index (κ3) is 5.66. The molecule has 3 rings (SSSR count). The van der Waals surface area contributed by atoms with E-state index in [1.165, 1.54) is 30.6 Å². The van der Waals surface area contributed by atoms with Gasteiger partial charge >= 0.3 is 6.18 Å². The number of benzene rings is 2. The molecule has 33 heavy (non-hydrogen) atoms. The van der Waals surface area contributed by atoms with Gasteiger partial charge < -0.3 is 10.1 Å². The fraction of sp³-hybridized carbons (Fsp3) is 0.227. The van der Waals surface area contributed by atoms with Gasteiger partial charge in [0.25, 0.3) is 15.9 Å². The second-order valence-electron chi connectivity index (χ2n) is 6.89. The van der Waals surface area contributed by atoms with Crippen molar-refractivity contribution in [1.82, 2.24) is 5.32 Å². The van der Waals surface area contributed by atoms with Gasteiger partial charge in [0.2, 0.25) is 0 Å². The molecule has 0 spiro atoms. The van der Waals surface area contributed by atoms with Crippen LogP contribution in [-0.4, -0.2) is 28.0 Å². The van der Waals surface area contributed by atoms with Gasteiger partial charge in [-0.2, -0.15) is 13.2 Å². The van der Waals surface area contributed by atoms with Crippen LogP contribution in [0.25, 0.3) is 0 Å². The van der Waals surface area contributed by atoms with Gasteiger partial charge in [-0.15, -0.1) is 11.3 Å². The van der Waals surface area contributed by atoms with Gasteiger partial charge in [0.15, 0.2) is 0 Å². The second kappa shape index (κ2) is 9.84. The molecule has 0 aliphatic carbocycles. The predicted octanol–water partition coefficient (Wildman–Crippen LogP) is 4.92. The highest BCUT2D eigenvalue weighted by Gasteiger charge is 2.31. The van der Waals surface area contributed by atoms with Crippen LogP contribution in [0.1, 0.15) is 27.7 Å². The van der Waals surface area contributed by atoms with Gasteiger partial charge in [0.1, 0.15) is 15.5 Å². The molecule has 0 radical (unpaired) electrons. The van der Waals surface area contributed by atoms with Crippen LogP contribution in [-0.2, 0) is 22.7 Å². The highest BCUT2D eigenvalue weighted by atomic mass is 32.2. The first-order valence-electron chi connectivity index (χ1n) is 9.77. The van der Waals surface area contributed by atoms with Gasteiger partial charge in [-0.05, 0) is 60.3 Å². The van der Waals surface area contributed by atoms with Gasteiger partial charge in [-0.1, -0.05) is 12.1 Å². The lowest BCUT2D eigenvalue weighted by Crippen LogP contribution is -2.29. The van der Waals surface area contributed by atoms with E-state index in [9.17, 15) is 26.4 Å². The van der Waals surface area contributed by atoms with Crippen molar-refractivity contribution in [2.24, 2.45) is 0 Å². The highest BCUT2D eigenvalue weighted by molar-refractivity contribution is 7.93. The van der Waals surface area contributed by atoms with Crippen molar-refractivity contribution >= 4 is 33.0 Å². The smallest absolute Gasteiger partial charge is 0.416 e. The van der Waals surface area contributed by atoms with E-state index in [1.54, 1.807) is 24.3 Å². The zero-order chi connectivity index (χ0) is 24.2. The summed E-state index contributed by atoms with van der Waals surface area (Å²) in [5.41, 5.74) is -0.212. The SMILES string of the molecule is CCOc1ccc(N(C)S(=O)(=O)c2ccsc2C(=O)NCc2cccc(C(F)(F)F)c2)cc1. The fourth-order valence-corrected chi connectivity index (χ4v) is 5.50. The van der Waals surface area contributed by atoms with Gasteiger partial charge in [-0.25, -0.2) is 8.42 Å². The normalized spacial score (nSPS) is 11.8. The van der Waals surface area contributed by atoms with E-state index in [4.69, 9.17) is 4.74 Å². The highest BCUT2D eigenvalue weighted by Crippen LogP contribution is 2.30. The minimum atomic E-state index is -4.50. The molecule has 0 bridgehead atoms. The summed E-state index contributed by atoms with van der Waals surface area (Å²) in [6.07, 6.45) is -4.50. The Labute approximate surface area is 193 Å². The van der Waals surface area contributed by atoms with Crippen molar-refractivity contribution in [3.8, 4) is 5.75 Å². The Hall–Kier alpha value is -3.05. The molecule has 0 saturated heterocycles. The number of alkyl halides is 3. The monoisotopic (exact) mass is 498 g/mol. The molecule has 176 valence electrons. The number of thiophene rings is 1. The van der Waals surface area contributed by atoms with E-state index in [1.807, 2.05) is 6.92 Å². The molecule has 1 N–H and O–H groups in total. The number of sulfonamides is 1. The molecule has 3 aromatic rings. The molecule has 0 atom stereocenters. The molecule has 0 unspecified atom stereocenters. The zero-order valence-electron chi connectivity index (χ0n) is 17.7. The number of nitrogens with one attached hydrogen (secondary N) is 1. The maximum Gasteiger partial charge on any atom is 0.416 e. The lowest BCUT2D eigenvalue weighted by atomic mass is 10.1. The van der Waals surface area contributed by atoms with E-state index in [0.29, 0.717) is 18.0 Å². The maximum atomic E-state index is 13.2. The second-order valence-corrected chi connectivity index (χ2v) is 9.75. The summed E-state index contributed by atoms with van der Waals surface area (Å²) in [6.45, 7) is 2.12. The zero-order valence-corrected chi connectivity index (χ0v) is 19.4. The number of nitrogens with zero attached hydrogens (tertiary/aromatic N) is 1. The number of hydrogen-bond donors (Lipinski definition) is 1. The Morgan fingerprint density at radius 3 is 2.45 bits per heavy atom. The average molecular weight is 499 g/mol. The predicted molar refractivity (Wildman–Crippen MR) is 120 cm³/mol. The topological polar surface area (TPSA) is 75.7 Å². The summed E-state index contributed by atoms with van der Waals surface area (Å²) >= 11 is 0.931. The van der Waals surface area contributed by atoms with E-state index < -0.39 is 27.7 Å². The lowest BCUT2D eigenvalue weighted by molar-refractivity contribution is -0.137. The summed E-state index contributed by atoms with van der Waals surface area (Å²) in [5, 5.41) is 3.97. The molecule has 11 heteroatoms. The lowest BCUT2D eigenvalue weighted by Gasteiger charge is -2.20. The van der Waals surface area contributed by atoms with Crippen LogP contribution in [0.15, 0.2) is 64.9 Å². The van der Waals surface area contributed by atoms with Crippen LogP contribution in [0, 0.1) is 0 Å². The Morgan fingerprint density at radius 2 is 1.82 bits per heavy atom. The van der Waals surface area contributed by atoms with Crippen molar-refractivity contribution in [3.05, 3.63) is 76.0 Å². The summed E-state index contributed by atoms with van der Waals surface area (Å²) in [5.74, 6) is -0.0988. The minimum Gasteiger partial charge on any atom is -0.494 e. The third-order valence-electron chi connectivity index (χ3n) is 4.69.